The molecule has 4 nitrogen and oxygen atoms in total. The molecule has 0 N–H and O–H groups in total. The van der Waals surface area contributed by atoms with Gasteiger partial charge in [-0.2, -0.15) is 18.4 Å². The molecule has 0 bridgehead atoms. The van der Waals surface area contributed by atoms with Gasteiger partial charge in [-0.05, 0) is 48.5 Å². The minimum atomic E-state index is -4.38. The molecule has 0 amide bonds. The Morgan fingerprint density at radius 2 is 2.04 bits per heavy atom. The topological polar surface area (TPSA) is 58.7 Å². The van der Waals surface area contributed by atoms with Crippen molar-refractivity contribution < 1.29 is 18.0 Å². The van der Waals surface area contributed by atoms with Gasteiger partial charge in [-0.15, -0.1) is 0 Å². The van der Waals surface area contributed by atoms with Crippen molar-refractivity contribution in [2.24, 2.45) is 0 Å². The highest BCUT2D eigenvalue weighted by Gasteiger charge is 2.30. The van der Waals surface area contributed by atoms with Gasteiger partial charge in [0.05, 0.1) is 12.1 Å². The molecule has 2 heterocycles. The van der Waals surface area contributed by atoms with Crippen molar-refractivity contribution in [1.82, 2.24) is 9.55 Å². The first-order valence-corrected chi connectivity index (χ1v) is 9.00. The summed E-state index contributed by atoms with van der Waals surface area (Å²) in [5, 5.41) is 9.85. The Balaban J connectivity index is 2.07. The molecule has 0 atom stereocenters. The third-order valence-corrected chi connectivity index (χ3v) is 4.85. The van der Waals surface area contributed by atoms with Gasteiger partial charge >= 0.3 is 5.51 Å². The predicted octanol–water partition coefficient (Wildman–Crippen LogP) is 5.19. The Kier molecular flexibility index (Phi) is 5.56. The number of ketones is 1. The number of alkyl halides is 3. The van der Waals surface area contributed by atoms with E-state index in [1.807, 2.05) is 6.07 Å². The summed E-state index contributed by atoms with van der Waals surface area (Å²) in [7, 11) is 0. The van der Waals surface area contributed by atoms with Crippen LogP contribution < -0.4 is 0 Å². The van der Waals surface area contributed by atoms with Crippen LogP contribution in [0.4, 0.5) is 13.2 Å². The van der Waals surface area contributed by atoms with Crippen LogP contribution in [-0.2, 0) is 11.3 Å². The van der Waals surface area contributed by atoms with Gasteiger partial charge in [0.2, 0.25) is 0 Å². The maximum atomic E-state index is 12.8. The van der Waals surface area contributed by atoms with E-state index < -0.39 is 5.51 Å². The molecule has 28 heavy (non-hydrogen) atoms. The summed E-state index contributed by atoms with van der Waals surface area (Å²) in [5.41, 5.74) is -2.73. The van der Waals surface area contributed by atoms with E-state index >= 15 is 0 Å². The first kappa shape index (κ1) is 19.7. The average molecular weight is 401 g/mol. The molecular formula is C20H14F3N3OS. The second-order valence-electron chi connectivity index (χ2n) is 5.97. The van der Waals surface area contributed by atoms with Gasteiger partial charge in [-0.3, -0.25) is 4.79 Å². The van der Waals surface area contributed by atoms with Gasteiger partial charge < -0.3 is 4.57 Å². The highest BCUT2D eigenvalue weighted by Crippen LogP contribution is 2.39. The molecule has 3 rings (SSSR count). The SMILES string of the molecule is CC(=O)/C(C#N)=C/c1cn(Cc2ccccc2SC(F)(F)F)c2ncccc12. The summed E-state index contributed by atoms with van der Waals surface area (Å²) in [6.07, 6.45) is 4.74. The van der Waals surface area contributed by atoms with Crippen molar-refractivity contribution >= 4 is 34.7 Å². The van der Waals surface area contributed by atoms with Crippen LogP contribution in [0.2, 0.25) is 0 Å². The average Bonchev–Trinajstić information content (AvgIpc) is 2.97. The number of Topliss-reactive ketones (excluding diaryl/α,β-unsaturated/α-hetero) is 1. The van der Waals surface area contributed by atoms with Crippen molar-refractivity contribution in [2.75, 3.05) is 0 Å². The molecular weight excluding hydrogens is 387 g/mol. The Hall–Kier alpha value is -3.05. The van der Waals surface area contributed by atoms with Gasteiger partial charge in [0.1, 0.15) is 11.7 Å². The third-order valence-electron chi connectivity index (χ3n) is 4.00. The van der Waals surface area contributed by atoms with Crippen LogP contribution in [0.1, 0.15) is 18.1 Å². The Labute approximate surface area is 163 Å². The van der Waals surface area contributed by atoms with Crippen LogP contribution in [0.15, 0.2) is 59.3 Å². The fourth-order valence-corrected chi connectivity index (χ4v) is 3.46. The van der Waals surface area contributed by atoms with E-state index in [0.717, 1.165) is 0 Å². The lowest BCUT2D eigenvalue weighted by Crippen LogP contribution is -2.04. The van der Waals surface area contributed by atoms with Crippen molar-refractivity contribution in [1.29, 1.82) is 5.26 Å². The lowest BCUT2D eigenvalue weighted by Gasteiger charge is -2.12. The molecule has 3 aromatic rings. The molecule has 0 fully saturated rings. The molecule has 0 spiro atoms. The highest BCUT2D eigenvalue weighted by atomic mass is 32.2. The molecule has 2 aromatic heterocycles. The highest BCUT2D eigenvalue weighted by molar-refractivity contribution is 8.00. The summed E-state index contributed by atoms with van der Waals surface area (Å²) in [6.45, 7) is 1.47. The summed E-state index contributed by atoms with van der Waals surface area (Å²) in [5.74, 6) is -0.362. The number of carbonyl (C=O) groups excluding carboxylic acids is 1. The van der Waals surface area contributed by atoms with Crippen molar-refractivity contribution in [3.8, 4) is 6.07 Å². The third kappa shape index (κ3) is 4.43. The number of fused-ring (bicyclic) bond motifs is 1. The van der Waals surface area contributed by atoms with E-state index in [1.165, 1.54) is 19.1 Å². The minimum absolute atomic E-state index is 0.00377. The Bertz CT molecular complexity index is 1110. The standard InChI is InChI=1S/C20H14F3N3OS/c1-13(27)15(10-24)9-16-12-26(19-17(16)6-4-8-25-19)11-14-5-2-3-7-18(14)28-20(21,22)23/h2-9,12H,11H2,1H3/b15-9+. The number of halogens is 3. The van der Waals surface area contributed by atoms with E-state index in [2.05, 4.69) is 4.98 Å². The van der Waals surface area contributed by atoms with Crippen molar-refractivity contribution in [3.63, 3.8) is 0 Å². The first-order valence-electron chi connectivity index (χ1n) is 8.19. The molecule has 0 saturated heterocycles. The van der Waals surface area contributed by atoms with Crippen LogP contribution in [0.25, 0.3) is 17.1 Å². The number of pyridine rings is 1. The fourth-order valence-electron chi connectivity index (χ4n) is 2.80. The monoisotopic (exact) mass is 401 g/mol. The fraction of sp³-hybridized carbons (Fsp3) is 0.150. The van der Waals surface area contributed by atoms with E-state index in [-0.39, 0.29) is 34.6 Å². The summed E-state index contributed by atoms with van der Waals surface area (Å²) < 4.78 is 40.3. The summed E-state index contributed by atoms with van der Waals surface area (Å²) >= 11 is -0.156. The molecule has 0 aliphatic rings. The lowest BCUT2D eigenvalue weighted by atomic mass is 10.1. The van der Waals surface area contributed by atoms with Gasteiger partial charge in [-0.25, -0.2) is 4.98 Å². The first-order chi connectivity index (χ1) is 13.3. The molecule has 142 valence electrons. The quantitative estimate of drug-likeness (QED) is 0.335. The smallest absolute Gasteiger partial charge is 0.327 e. The Morgan fingerprint density at radius 1 is 1.29 bits per heavy atom. The second-order valence-corrected chi connectivity index (χ2v) is 7.08. The maximum Gasteiger partial charge on any atom is 0.446 e. The molecule has 1 aromatic carbocycles. The molecule has 0 saturated carbocycles. The van der Waals surface area contributed by atoms with E-state index in [0.29, 0.717) is 22.2 Å². The van der Waals surface area contributed by atoms with Crippen LogP contribution >= 0.6 is 11.8 Å². The lowest BCUT2D eigenvalue weighted by molar-refractivity contribution is -0.113. The zero-order valence-electron chi connectivity index (χ0n) is 14.7. The zero-order chi connectivity index (χ0) is 20.3. The zero-order valence-corrected chi connectivity index (χ0v) is 15.5. The van der Waals surface area contributed by atoms with E-state index in [9.17, 15) is 18.0 Å². The van der Waals surface area contributed by atoms with E-state index in [4.69, 9.17) is 5.26 Å². The number of benzene rings is 1. The van der Waals surface area contributed by atoms with Crippen LogP contribution in [0, 0.1) is 11.3 Å². The number of allylic oxidation sites excluding steroid dienone is 1. The second kappa shape index (κ2) is 7.90. The number of aromatic nitrogens is 2. The van der Waals surface area contributed by atoms with Crippen LogP contribution in [-0.4, -0.2) is 20.8 Å². The maximum absolute atomic E-state index is 12.8. The van der Waals surface area contributed by atoms with Crippen LogP contribution in [0.5, 0.6) is 0 Å². The van der Waals surface area contributed by atoms with Gasteiger partial charge in [0, 0.05) is 28.2 Å². The number of nitrogens with zero attached hydrogens (tertiary/aromatic N) is 3. The number of hydrogen-bond acceptors (Lipinski definition) is 4. The van der Waals surface area contributed by atoms with E-state index in [1.54, 1.807) is 47.3 Å². The number of nitriles is 1. The predicted molar refractivity (Wildman–Crippen MR) is 101 cm³/mol. The summed E-state index contributed by atoms with van der Waals surface area (Å²) in [4.78, 5) is 16.0. The number of rotatable bonds is 5. The van der Waals surface area contributed by atoms with Crippen LogP contribution in [0.3, 0.4) is 0 Å². The molecule has 0 aliphatic heterocycles. The number of thioether (sulfide) groups is 1. The molecule has 0 radical (unpaired) electrons. The number of carbonyl (C=O) groups is 1. The van der Waals surface area contributed by atoms with Gasteiger partial charge in [0.25, 0.3) is 0 Å². The molecule has 0 unspecified atom stereocenters. The molecule has 8 heteroatoms. The normalized spacial score (nSPS) is 12.2. The molecule has 0 aliphatic carbocycles. The number of hydrogen-bond donors (Lipinski definition) is 0. The van der Waals surface area contributed by atoms with Gasteiger partial charge in [-0.1, -0.05) is 18.2 Å². The Morgan fingerprint density at radius 3 is 2.71 bits per heavy atom. The van der Waals surface area contributed by atoms with Crippen molar-refractivity contribution in [3.05, 3.63) is 65.5 Å². The minimum Gasteiger partial charge on any atom is -0.327 e. The van der Waals surface area contributed by atoms with Gasteiger partial charge in [0.15, 0.2) is 5.78 Å². The van der Waals surface area contributed by atoms with Crippen molar-refractivity contribution in [2.45, 2.75) is 23.9 Å². The summed E-state index contributed by atoms with van der Waals surface area (Å²) in [6, 6.07) is 11.7. The largest absolute Gasteiger partial charge is 0.446 e.